The summed E-state index contributed by atoms with van der Waals surface area (Å²) in [6.07, 6.45) is 7.31. The number of rotatable bonds is 26. The molecule has 0 bridgehead atoms. The van der Waals surface area contributed by atoms with Crippen molar-refractivity contribution < 1.29 is 79.5 Å². The normalized spacial score (nSPS) is 20.4. The van der Waals surface area contributed by atoms with Crippen LogP contribution in [-0.2, 0) is 66.4 Å². The Morgan fingerprint density at radius 2 is 1.30 bits per heavy atom. The quantitative estimate of drug-likeness (QED) is 0.0459. The van der Waals surface area contributed by atoms with Crippen LogP contribution in [-0.4, -0.2) is 158 Å². The van der Waals surface area contributed by atoms with Crippen LogP contribution in [0.15, 0.2) is 24.9 Å². The first-order chi connectivity index (χ1) is 26.1. The molecule has 4 aliphatic heterocycles. The van der Waals surface area contributed by atoms with E-state index in [1.807, 2.05) is 0 Å². The molecular weight excluding hydrogens is 725 g/mol. The third kappa shape index (κ3) is 42.7. The Morgan fingerprint density at radius 3 is 1.72 bits per heavy atom. The molecule has 0 aromatic carbocycles. The highest BCUT2D eigenvalue weighted by molar-refractivity contribution is 5.69. The number of carbonyl (C=O) groups excluding carboxylic acids is 1. The van der Waals surface area contributed by atoms with Crippen molar-refractivity contribution >= 4 is 5.97 Å². The molecule has 0 amide bonds. The van der Waals surface area contributed by atoms with Crippen molar-refractivity contribution in [2.75, 3.05) is 128 Å². The van der Waals surface area contributed by atoms with Gasteiger partial charge in [0.25, 0.3) is 0 Å². The highest BCUT2D eigenvalue weighted by Crippen LogP contribution is 2.30. The number of halogens is 3. The fraction of sp³-hybridized carbons (Fsp3) is 0.865. The molecule has 0 aromatic heterocycles. The zero-order valence-electron chi connectivity index (χ0n) is 33.7. The Hall–Kier alpha value is -2.06. The van der Waals surface area contributed by atoms with Crippen LogP contribution in [0.2, 0.25) is 0 Å². The molecule has 0 aromatic rings. The Bertz CT molecular complexity index is 867. The van der Waals surface area contributed by atoms with Gasteiger partial charge in [-0.1, -0.05) is 39.7 Å². The molecule has 0 saturated carbocycles. The molecule has 4 fully saturated rings. The second kappa shape index (κ2) is 39.2. The molecule has 54 heavy (non-hydrogen) atoms. The molecule has 4 heterocycles. The Kier molecular flexibility index (Phi) is 39.2. The maximum atomic E-state index is 11.2. The lowest BCUT2D eigenvalue weighted by Crippen LogP contribution is -2.18. The molecule has 14 nitrogen and oxygen atoms in total. The van der Waals surface area contributed by atoms with Gasteiger partial charge in [0, 0.05) is 48.1 Å². The van der Waals surface area contributed by atoms with Crippen molar-refractivity contribution in [2.45, 2.75) is 82.7 Å². The van der Waals surface area contributed by atoms with Gasteiger partial charge in [0.05, 0.1) is 79.4 Å². The number of methoxy groups -OCH3 is 5. The second-order valence-electron chi connectivity index (χ2n) is 11.9. The Labute approximate surface area is 321 Å². The van der Waals surface area contributed by atoms with E-state index < -0.39 is 12.1 Å². The first-order valence-corrected chi connectivity index (χ1v) is 18.3. The summed E-state index contributed by atoms with van der Waals surface area (Å²) in [6, 6.07) is -1.82. The van der Waals surface area contributed by atoms with Crippen LogP contribution in [0.1, 0.15) is 58.8 Å². The van der Waals surface area contributed by atoms with Crippen molar-refractivity contribution in [1.29, 1.82) is 0 Å². The summed E-state index contributed by atoms with van der Waals surface area (Å²) in [5, 5.41) is 0. The fourth-order valence-corrected chi connectivity index (χ4v) is 3.33. The highest BCUT2D eigenvalue weighted by Gasteiger charge is 2.42. The molecule has 4 atom stereocenters. The predicted octanol–water partition coefficient (Wildman–Crippen LogP) is 5.66. The third-order valence-corrected chi connectivity index (χ3v) is 7.01. The number of hydrogen-bond acceptors (Lipinski definition) is 14. The summed E-state index contributed by atoms with van der Waals surface area (Å²) in [5.74, 6) is -0.164. The SMILES string of the molecule is C=COCCOC.CCCCCCOCC1(CC)CO1.COC(F)=C(F)F.COCC1CO1.COCCCC(=O)OCC1CO1.COCCOCC1CO1. The predicted molar refractivity (Wildman–Crippen MR) is 195 cm³/mol. The number of carbonyl (C=O) groups is 1. The summed E-state index contributed by atoms with van der Waals surface area (Å²) in [5.41, 5.74) is 0.116. The largest absolute Gasteiger partial charge is 0.499 e. The zero-order chi connectivity index (χ0) is 40.7. The van der Waals surface area contributed by atoms with Crippen molar-refractivity contribution in [3.05, 3.63) is 24.9 Å². The average Bonchev–Trinajstić information content (AvgIpc) is 3.98. The van der Waals surface area contributed by atoms with Gasteiger partial charge in [-0.25, -0.2) is 0 Å². The number of unbranched alkanes of at least 4 members (excludes halogenated alkanes) is 3. The topological polar surface area (TPSA) is 150 Å². The van der Waals surface area contributed by atoms with Gasteiger partial charge in [-0.15, -0.1) is 0 Å². The van der Waals surface area contributed by atoms with Crippen LogP contribution in [0.3, 0.4) is 0 Å². The minimum absolute atomic E-state index is 0.116. The van der Waals surface area contributed by atoms with E-state index in [4.69, 9.17) is 52.1 Å². The number of hydrogen-bond donors (Lipinski definition) is 0. The average molecular weight is 795 g/mol. The van der Waals surface area contributed by atoms with Crippen molar-refractivity contribution in [3.8, 4) is 0 Å². The van der Waals surface area contributed by atoms with E-state index in [1.54, 1.807) is 28.4 Å². The minimum Gasteiger partial charge on any atom is -0.499 e. The summed E-state index contributed by atoms with van der Waals surface area (Å²) in [6.45, 7) is 17.9. The molecule has 4 aliphatic rings. The van der Waals surface area contributed by atoms with Gasteiger partial charge >= 0.3 is 18.1 Å². The number of ether oxygens (including phenoxy) is 13. The third-order valence-electron chi connectivity index (χ3n) is 7.01. The van der Waals surface area contributed by atoms with E-state index in [9.17, 15) is 18.0 Å². The summed E-state index contributed by atoms with van der Waals surface area (Å²) < 4.78 is 95.5. The van der Waals surface area contributed by atoms with E-state index in [0.29, 0.717) is 58.3 Å². The lowest BCUT2D eigenvalue weighted by molar-refractivity contribution is -0.144. The van der Waals surface area contributed by atoms with Crippen LogP contribution >= 0.6 is 0 Å². The van der Waals surface area contributed by atoms with Gasteiger partial charge < -0.3 is 61.6 Å². The van der Waals surface area contributed by atoms with Gasteiger partial charge in [0.2, 0.25) is 0 Å². The molecule has 4 rings (SSSR count). The summed E-state index contributed by atoms with van der Waals surface area (Å²) in [4.78, 5) is 10.9. The van der Waals surface area contributed by atoms with E-state index in [2.05, 4.69) is 29.9 Å². The van der Waals surface area contributed by atoms with E-state index in [-0.39, 0.29) is 17.7 Å². The van der Waals surface area contributed by atoms with E-state index in [1.165, 1.54) is 31.9 Å². The fourth-order valence-electron chi connectivity index (χ4n) is 3.33. The standard InChI is InChI=1S/C11H22O2.C8H14O4.C6H12O3.C5H10O2.C4H8O2.C3H3F3O/c1-3-5-6-7-8-12-9-11(4-2)10-13-11;1-10-4-2-3-8(9)12-6-7-5-11-7;1-7-2-3-8-4-6-5-9-6;1-3-7-5-4-6-2;1-5-2-4-3-6-4;1-7-3(6)2(4)5/h3-10H2,1-2H3;7H,2-6H2,1H3;6H,2-5H2,1H3;3H,1,4-5H2,2H3;4H,2-3H2,1H3;1H3. The Morgan fingerprint density at radius 1 is 0.722 bits per heavy atom. The van der Waals surface area contributed by atoms with Crippen LogP contribution in [0.5, 0.6) is 0 Å². The highest BCUT2D eigenvalue weighted by atomic mass is 19.3. The molecule has 0 N–H and O–H groups in total. The monoisotopic (exact) mass is 794 g/mol. The van der Waals surface area contributed by atoms with Gasteiger partial charge in [0.15, 0.2) is 0 Å². The molecule has 0 spiro atoms. The van der Waals surface area contributed by atoms with Crippen molar-refractivity contribution in [2.24, 2.45) is 0 Å². The zero-order valence-corrected chi connectivity index (χ0v) is 33.7. The first-order valence-electron chi connectivity index (χ1n) is 18.3. The molecule has 4 saturated heterocycles. The molecule has 17 heteroatoms. The van der Waals surface area contributed by atoms with E-state index >= 15 is 0 Å². The molecule has 322 valence electrons. The summed E-state index contributed by atoms with van der Waals surface area (Å²) in [7, 11) is 7.42. The van der Waals surface area contributed by atoms with Crippen LogP contribution in [0.25, 0.3) is 0 Å². The molecule has 0 radical (unpaired) electrons. The lowest BCUT2D eigenvalue weighted by atomic mass is 10.1. The maximum Gasteiger partial charge on any atom is 0.342 e. The van der Waals surface area contributed by atoms with Crippen LogP contribution < -0.4 is 0 Å². The lowest BCUT2D eigenvalue weighted by Gasteiger charge is -2.09. The van der Waals surface area contributed by atoms with Gasteiger partial charge in [-0.3, -0.25) is 4.79 Å². The van der Waals surface area contributed by atoms with Crippen molar-refractivity contribution in [3.63, 3.8) is 0 Å². The maximum absolute atomic E-state index is 11.2. The van der Waals surface area contributed by atoms with Crippen LogP contribution in [0.4, 0.5) is 13.2 Å². The van der Waals surface area contributed by atoms with Crippen molar-refractivity contribution in [1.82, 2.24) is 0 Å². The molecule has 4 unspecified atom stereocenters. The molecular formula is C37H69F3O14. The van der Waals surface area contributed by atoms with Gasteiger partial charge in [-0.05, 0) is 19.3 Å². The summed E-state index contributed by atoms with van der Waals surface area (Å²) >= 11 is 0. The molecule has 0 aliphatic carbocycles. The number of esters is 1. The van der Waals surface area contributed by atoms with Gasteiger partial charge in [0.1, 0.15) is 37.1 Å². The smallest absolute Gasteiger partial charge is 0.342 e. The Balaban J connectivity index is 0. The van der Waals surface area contributed by atoms with Crippen LogP contribution in [0, 0.1) is 0 Å². The van der Waals surface area contributed by atoms with E-state index in [0.717, 1.165) is 72.8 Å². The number of epoxide rings is 4. The minimum atomic E-state index is -2.43. The van der Waals surface area contributed by atoms with Gasteiger partial charge in [-0.2, -0.15) is 13.2 Å². The first kappa shape index (κ1) is 54.0. The second-order valence-corrected chi connectivity index (χ2v) is 11.9.